The molecule has 2 aromatic rings. The molecule has 0 radical (unpaired) electrons. The minimum absolute atomic E-state index is 0.317. The Kier molecular flexibility index (Phi) is 5.62. The molecule has 0 saturated carbocycles. The molecule has 0 aliphatic heterocycles. The van der Waals surface area contributed by atoms with Crippen molar-refractivity contribution in [3.63, 3.8) is 0 Å². The van der Waals surface area contributed by atoms with Crippen LogP contribution in [-0.2, 0) is 6.42 Å². The van der Waals surface area contributed by atoms with Crippen LogP contribution in [0.3, 0.4) is 0 Å². The standard InChI is InChI=1S/C20H27NO/c1-14(2)16-6-8-17(9-7-16)19(13-21)12-18-11-15(3)5-10-20(18)22-4/h5-11,14,19H,12-13,21H2,1-4H3. The van der Waals surface area contributed by atoms with Gasteiger partial charge in [0.1, 0.15) is 5.75 Å². The van der Waals surface area contributed by atoms with Gasteiger partial charge < -0.3 is 10.5 Å². The van der Waals surface area contributed by atoms with Gasteiger partial charge in [0.25, 0.3) is 0 Å². The van der Waals surface area contributed by atoms with Crippen LogP contribution in [0.25, 0.3) is 0 Å². The van der Waals surface area contributed by atoms with Gasteiger partial charge in [0.2, 0.25) is 0 Å². The van der Waals surface area contributed by atoms with Gasteiger partial charge in [0.05, 0.1) is 7.11 Å². The molecule has 2 aromatic carbocycles. The van der Waals surface area contributed by atoms with E-state index >= 15 is 0 Å². The topological polar surface area (TPSA) is 35.2 Å². The number of ether oxygens (including phenoxy) is 1. The van der Waals surface area contributed by atoms with Crippen molar-refractivity contribution in [1.29, 1.82) is 0 Å². The molecule has 0 heterocycles. The Hall–Kier alpha value is -1.80. The van der Waals surface area contributed by atoms with Gasteiger partial charge in [-0.05, 0) is 48.6 Å². The smallest absolute Gasteiger partial charge is 0.122 e. The number of aryl methyl sites for hydroxylation is 1. The van der Waals surface area contributed by atoms with Crippen molar-refractivity contribution in [3.8, 4) is 5.75 Å². The predicted octanol–water partition coefficient (Wildman–Crippen LogP) is 4.41. The summed E-state index contributed by atoms with van der Waals surface area (Å²) < 4.78 is 5.49. The quantitative estimate of drug-likeness (QED) is 0.857. The van der Waals surface area contributed by atoms with Gasteiger partial charge in [0.15, 0.2) is 0 Å². The van der Waals surface area contributed by atoms with E-state index in [0.29, 0.717) is 18.4 Å². The molecule has 2 rings (SSSR count). The Morgan fingerprint density at radius 2 is 1.64 bits per heavy atom. The molecule has 0 aliphatic rings. The van der Waals surface area contributed by atoms with Gasteiger partial charge >= 0.3 is 0 Å². The predicted molar refractivity (Wildman–Crippen MR) is 93.8 cm³/mol. The van der Waals surface area contributed by atoms with Gasteiger partial charge in [-0.1, -0.05) is 55.8 Å². The highest BCUT2D eigenvalue weighted by Crippen LogP contribution is 2.28. The highest BCUT2D eigenvalue weighted by molar-refractivity contribution is 5.39. The number of methoxy groups -OCH3 is 1. The summed E-state index contributed by atoms with van der Waals surface area (Å²) in [6.07, 6.45) is 0.905. The maximum atomic E-state index is 6.04. The lowest BCUT2D eigenvalue weighted by molar-refractivity contribution is 0.408. The number of hydrogen-bond donors (Lipinski definition) is 1. The molecule has 0 aromatic heterocycles. The van der Waals surface area contributed by atoms with Crippen molar-refractivity contribution in [3.05, 3.63) is 64.7 Å². The summed E-state index contributed by atoms with van der Waals surface area (Å²) in [6, 6.07) is 15.2. The van der Waals surface area contributed by atoms with Gasteiger partial charge in [-0.15, -0.1) is 0 Å². The van der Waals surface area contributed by atoms with Gasteiger partial charge in [-0.25, -0.2) is 0 Å². The zero-order chi connectivity index (χ0) is 16.1. The number of benzene rings is 2. The lowest BCUT2D eigenvalue weighted by atomic mass is 9.89. The summed E-state index contributed by atoms with van der Waals surface area (Å²) in [5, 5.41) is 0. The van der Waals surface area contributed by atoms with Crippen molar-refractivity contribution in [2.24, 2.45) is 5.73 Å². The highest BCUT2D eigenvalue weighted by atomic mass is 16.5. The van der Waals surface area contributed by atoms with E-state index in [1.807, 2.05) is 6.07 Å². The zero-order valence-electron chi connectivity index (χ0n) is 14.1. The van der Waals surface area contributed by atoms with Gasteiger partial charge in [-0.3, -0.25) is 0 Å². The fourth-order valence-corrected chi connectivity index (χ4v) is 2.82. The summed E-state index contributed by atoms with van der Waals surface area (Å²) in [5.41, 5.74) is 11.2. The molecule has 2 heteroatoms. The summed E-state index contributed by atoms with van der Waals surface area (Å²) in [6.45, 7) is 7.18. The van der Waals surface area contributed by atoms with Crippen LogP contribution in [0.5, 0.6) is 5.75 Å². The second-order valence-corrected chi connectivity index (χ2v) is 6.27. The summed E-state index contributed by atoms with van der Waals surface area (Å²) in [4.78, 5) is 0. The maximum Gasteiger partial charge on any atom is 0.122 e. The van der Waals surface area contributed by atoms with Crippen LogP contribution >= 0.6 is 0 Å². The van der Waals surface area contributed by atoms with Crippen molar-refractivity contribution in [1.82, 2.24) is 0 Å². The Morgan fingerprint density at radius 3 is 2.18 bits per heavy atom. The Balaban J connectivity index is 2.23. The normalized spacial score (nSPS) is 12.5. The van der Waals surface area contributed by atoms with Gasteiger partial charge in [0, 0.05) is 5.92 Å². The van der Waals surface area contributed by atoms with Crippen LogP contribution in [0, 0.1) is 6.92 Å². The third-order valence-electron chi connectivity index (χ3n) is 4.26. The SMILES string of the molecule is COc1ccc(C)cc1CC(CN)c1ccc(C(C)C)cc1. The molecule has 0 aliphatic carbocycles. The van der Waals surface area contributed by atoms with E-state index in [4.69, 9.17) is 10.5 Å². The van der Waals surface area contributed by atoms with Crippen molar-refractivity contribution in [2.75, 3.05) is 13.7 Å². The molecule has 22 heavy (non-hydrogen) atoms. The first-order valence-electron chi connectivity index (χ1n) is 7.98. The maximum absolute atomic E-state index is 6.04. The van der Waals surface area contributed by atoms with Crippen LogP contribution < -0.4 is 10.5 Å². The molecule has 1 unspecified atom stereocenters. The first kappa shape index (κ1) is 16.6. The van der Waals surface area contributed by atoms with E-state index in [1.54, 1.807) is 7.11 Å². The summed E-state index contributed by atoms with van der Waals surface area (Å²) in [5.74, 6) is 1.82. The highest BCUT2D eigenvalue weighted by Gasteiger charge is 2.14. The minimum Gasteiger partial charge on any atom is -0.496 e. The lowest BCUT2D eigenvalue weighted by Crippen LogP contribution is -2.15. The van der Waals surface area contributed by atoms with Crippen LogP contribution in [0.1, 0.15) is 47.9 Å². The van der Waals surface area contributed by atoms with Crippen LogP contribution in [0.4, 0.5) is 0 Å². The molecule has 0 bridgehead atoms. The number of nitrogens with two attached hydrogens (primary N) is 1. The van der Waals surface area contributed by atoms with E-state index in [1.165, 1.54) is 22.3 Å². The molecule has 118 valence electrons. The molecular formula is C20H27NO. The third-order valence-corrected chi connectivity index (χ3v) is 4.26. The Morgan fingerprint density at radius 1 is 1.00 bits per heavy atom. The van der Waals surface area contributed by atoms with E-state index < -0.39 is 0 Å². The van der Waals surface area contributed by atoms with Crippen molar-refractivity contribution < 1.29 is 4.74 Å². The second-order valence-electron chi connectivity index (χ2n) is 6.27. The van der Waals surface area contributed by atoms with E-state index in [9.17, 15) is 0 Å². The Labute approximate surface area is 134 Å². The average Bonchev–Trinajstić information content (AvgIpc) is 2.53. The van der Waals surface area contributed by atoms with E-state index in [0.717, 1.165) is 12.2 Å². The van der Waals surface area contributed by atoms with Crippen molar-refractivity contribution >= 4 is 0 Å². The van der Waals surface area contributed by atoms with Crippen LogP contribution in [-0.4, -0.2) is 13.7 Å². The van der Waals surface area contributed by atoms with Gasteiger partial charge in [-0.2, -0.15) is 0 Å². The van der Waals surface area contributed by atoms with E-state index in [-0.39, 0.29) is 0 Å². The first-order chi connectivity index (χ1) is 10.5. The zero-order valence-corrected chi connectivity index (χ0v) is 14.1. The molecule has 2 nitrogen and oxygen atoms in total. The van der Waals surface area contributed by atoms with Crippen LogP contribution in [0.2, 0.25) is 0 Å². The fourth-order valence-electron chi connectivity index (χ4n) is 2.82. The molecule has 0 saturated heterocycles. The average molecular weight is 297 g/mol. The van der Waals surface area contributed by atoms with E-state index in [2.05, 4.69) is 57.2 Å². The van der Waals surface area contributed by atoms with Crippen molar-refractivity contribution in [2.45, 2.75) is 39.0 Å². The third kappa shape index (κ3) is 3.89. The molecule has 0 fully saturated rings. The largest absolute Gasteiger partial charge is 0.496 e. The molecule has 1 atom stereocenters. The number of hydrogen-bond acceptors (Lipinski definition) is 2. The second kappa shape index (κ2) is 7.46. The first-order valence-corrected chi connectivity index (χ1v) is 7.98. The monoisotopic (exact) mass is 297 g/mol. The number of rotatable bonds is 6. The molecule has 2 N–H and O–H groups in total. The molecule has 0 amide bonds. The molecular weight excluding hydrogens is 270 g/mol. The summed E-state index contributed by atoms with van der Waals surface area (Å²) in [7, 11) is 1.73. The minimum atomic E-state index is 0.317. The Bertz CT molecular complexity index is 602. The fraction of sp³-hybridized carbons (Fsp3) is 0.400. The van der Waals surface area contributed by atoms with Crippen LogP contribution in [0.15, 0.2) is 42.5 Å². The summed E-state index contributed by atoms with van der Waals surface area (Å²) >= 11 is 0. The lowest BCUT2D eigenvalue weighted by Gasteiger charge is -2.18. The molecule has 0 spiro atoms.